The van der Waals surface area contributed by atoms with Crippen LogP contribution in [-0.2, 0) is 10.8 Å². The van der Waals surface area contributed by atoms with Gasteiger partial charge in [0.25, 0.3) is 0 Å². The minimum absolute atomic E-state index is 0.0758. The molecule has 9 rings (SSSR count). The van der Waals surface area contributed by atoms with Gasteiger partial charge in [-0.3, -0.25) is 9.13 Å². The van der Waals surface area contributed by atoms with Gasteiger partial charge in [-0.2, -0.15) is 0 Å². The normalized spacial score (nSPS) is 12.3. The molecule has 3 heteroatoms. The summed E-state index contributed by atoms with van der Waals surface area (Å²) in [6.45, 7) is 22.3. The molecule has 0 atom stereocenters. The molecule has 0 saturated carbocycles. The van der Waals surface area contributed by atoms with E-state index in [9.17, 15) is 0 Å². The topological polar surface area (TPSA) is 25.6 Å². The van der Waals surface area contributed by atoms with Crippen molar-refractivity contribution < 1.29 is 0 Å². The Hall–Kier alpha value is -6.16. The number of hydrogen-bond donors (Lipinski definition) is 1. The fraction of sp³-hybridized carbons (Fsp3) is 0.231. The molecule has 3 nitrogen and oxygen atoms in total. The standard InChI is InChI=1S/C52H47N3/c1-31-11-15-45-39(23-31)40-24-32(2)12-16-46(40)54(45)21-19-35-27-37(51(5,6)7)29-43-44-30-38(52(8,9)10)28-36(50(44)53-49(35)43)20-22-55-47-17-13-33(3)25-41(47)42-26-34(4)14-18-48(42)55/h11-18,23-30,53H,1-10H3. The Bertz CT molecular complexity index is 2870. The van der Waals surface area contributed by atoms with Crippen LogP contribution in [-0.4, -0.2) is 14.1 Å². The Morgan fingerprint density at radius 3 is 1.00 bits per heavy atom. The van der Waals surface area contributed by atoms with Crippen molar-refractivity contribution in [2.45, 2.75) is 80.1 Å². The Morgan fingerprint density at radius 1 is 0.400 bits per heavy atom. The van der Waals surface area contributed by atoms with Crippen molar-refractivity contribution in [3.63, 3.8) is 0 Å². The van der Waals surface area contributed by atoms with Crippen LogP contribution in [0.1, 0.15) is 86.1 Å². The Labute approximate surface area is 324 Å². The molecule has 0 fully saturated rings. The molecule has 6 aromatic carbocycles. The van der Waals surface area contributed by atoms with Crippen LogP contribution in [0.5, 0.6) is 0 Å². The maximum absolute atomic E-state index is 3.89. The van der Waals surface area contributed by atoms with Crippen LogP contribution in [0.3, 0.4) is 0 Å². The smallest absolute Gasteiger partial charge is 0.0625 e. The van der Waals surface area contributed by atoms with E-state index in [1.54, 1.807) is 0 Å². The lowest BCUT2D eigenvalue weighted by molar-refractivity contribution is 0.590. The highest BCUT2D eigenvalue weighted by Gasteiger charge is 2.22. The van der Waals surface area contributed by atoms with Crippen LogP contribution >= 0.6 is 0 Å². The first-order chi connectivity index (χ1) is 26.1. The van der Waals surface area contributed by atoms with Gasteiger partial charge in [-0.25, -0.2) is 0 Å². The van der Waals surface area contributed by atoms with E-state index < -0.39 is 0 Å². The summed E-state index contributed by atoms with van der Waals surface area (Å²) in [6, 6.07) is 43.2. The summed E-state index contributed by atoms with van der Waals surface area (Å²) in [5.74, 6) is 7.37. The number of aryl methyl sites for hydroxylation is 4. The van der Waals surface area contributed by atoms with Gasteiger partial charge in [-0.1, -0.05) is 88.1 Å². The van der Waals surface area contributed by atoms with Crippen LogP contribution in [0.25, 0.3) is 65.4 Å². The molecule has 0 aliphatic rings. The second-order valence-corrected chi connectivity index (χ2v) is 17.7. The largest absolute Gasteiger partial charge is 0.352 e. The van der Waals surface area contributed by atoms with Crippen molar-refractivity contribution in [2.75, 3.05) is 0 Å². The molecule has 0 radical (unpaired) electrons. The summed E-state index contributed by atoms with van der Waals surface area (Å²) in [5.41, 5.74) is 15.9. The lowest BCUT2D eigenvalue weighted by atomic mass is 9.83. The Morgan fingerprint density at radius 2 is 0.709 bits per heavy atom. The lowest BCUT2D eigenvalue weighted by Crippen LogP contribution is -2.11. The minimum Gasteiger partial charge on any atom is -0.352 e. The monoisotopic (exact) mass is 713 g/mol. The van der Waals surface area contributed by atoms with Crippen molar-refractivity contribution in [1.29, 1.82) is 0 Å². The van der Waals surface area contributed by atoms with E-state index >= 15 is 0 Å². The van der Waals surface area contributed by atoms with Crippen molar-refractivity contribution in [1.82, 2.24) is 14.1 Å². The summed E-state index contributed by atoms with van der Waals surface area (Å²) in [7, 11) is 0. The molecule has 0 amide bonds. The number of fused-ring (bicyclic) bond motifs is 9. The summed E-state index contributed by atoms with van der Waals surface area (Å²) in [6.07, 6.45) is 0. The van der Waals surface area contributed by atoms with Crippen LogP contribution in [0.2, 0.25) is 0 Å². The Balaban J connectivity index is 1.31. The Kier molecular flexibility index (Phi) is 7.66. The molecule has 1 N–H and O–H groups in total. The van der Waals surface area contributed by atoms with Crippen molar-refractivity contribution in [3.05, 3.63) is 142 Å². The van der Waals surface area contributed by atoms with Gasteiger partial charge >= 0.3 is 0 Å². The van der Waals surface area contributed by atoms with Crippen LogP contribution in [0.4, 0.5) is 0 Å². The van der Waals surface area contributed by atoms with E-state index in [0.717, 1.165) is 44.2 Å². The zero-order valence-electron chi connectivity index (χ0n) is 33.6. The van der Waals surface area contributed by atoms with Crippen LogP contribution in [0.15, 0.2) is 97.1 Å². The molecular weight excluding hydrogens is 667 g/mol. The van der Waals surface area contributed by atoms with Gasteiger partial charge in [0.1, 0.15) is 0 Å². The maximum Gasteiger partial charge on any atom is 0.0625 e. The first-order valence-electron chi connectivity index (χ1n) is 19.4. The summed E-state index contributed by atoms with van der Waals surface area (Å²) in [4.78, 5) is 3.89. The highest BCUT2D eigenvalue weighted by atomic mass is 15.0. The van der Waals surface area contributed by atoms with Crippen molar-refractivity contribution in [2.24, 2.45) is 0 Å². The molecule has 0 aliphatic heterocycles. The summed E-state index contributed by atoms with van der Waals surface area (Å²) in [5, 5.41) is 7.30. The lowest BCUT2D eigenvalue weighted by Gasteiger charge is -2.20. The third-order valence-corrected chi connectivity index (χ3v) is 11.3. The molecule has 9 aromatic rings. The fourth-order valence-electron chi connectivity index (χ4n) is 8.14. The molecule has 0 saturated heterocycles. The third kappa shape index (κ3) is 5.78. The number of aromatic nitrogens is 3. The quantitative estimate of drug-likeness (QED) is 0.151. The van der Waals surface area contributed by atoms with Crippen molar-refractivity contribution in [3.8, 4) is 23.9 Å². The zero-order valence-corrected chi connectivity index (χ0v) is 33.6. The van der Waals surface area contributed by atoms with Crippen LogP contribution in [0, 0.1) is 51.6 Å². The van der Waals surface area contributed by atoms with Crippen molar-refractivity contribution >= 4 is 65.4 Å². The molecule has 55 heavy (non-hydrogen) atoms. The molecule has 0 aliphatic carbocycles. The average Bonchev–Trinajstić information content (AvgIpc) is 3.75. The molecule has 3 aromatic heterocycles. The fourth-order valence-corrected chi connectivity index (χ4v) is 8.14. The minimum atomic E-state index is -0.0758. The zero-order chi connectivity index (χ0) is 38.6. The van der Waals surface area contributed by atoms with E-state index in [1.165, 1.54) is 65.7 Å². The van der Waals surface area contributed by atoms with Gasteiger partial charge < -0.3 is 4.98 Å². The van der Waals surface area contributed by atoms with Gasteiger partial charge in [-0.15, -0.1) is 0 Å². The third-order valence-electron chi connectivity index (χ3n) is 11.3. The first-order valence-corrected chi connectivity index (χ1v) is 19.4. The summed E-state index contributed by atoms with van der Waals surface area (Å²) >= 11 is 0. The molecule has 0 bridgehead atoms. The molecule has 0 unspecified atom stereocenters. The predicted octanol–water partition coefficient (Wildman–Crippen LogP) is 13.1. The number of rotatable bonds is 0. The number of nitrogens with one attached hydrogen (secondary N) is 1. The molecule has 0 spiro atoms. The SMILES string of the molecule is Cc1ccc2c(c1)c1cc(C)ccc1n2C#Cc1cc(C(C)(C)C)cc2c1[nH]c1c(C#Cn3c4ccc(C)cc4c4cc(C)ccc43)cc(C(C)(C)C)cc12. The maximum atomic E-state index is 3.89. The molecular formula is C52H47N3. The van der Waals surface area contributed by atoms with Gasteiger partial charge in [0.05, 0.1) is 44.2 Å². The molecule has 3 heterocycles. The highest BCUT2D eigenvalue weighted by Crippen LogP contribution is 2.38. The van der Waals surface area contributed by atoms with Gasteiger partial charge in [-0.05, 0) is 134 Å². The van der Waals surface area contributed by atoms with E-state index in [2.05, 4.69) is 204 Å². The van der Waals surface area contributed by atoms with Gasteiger partial charge in [0.15, 0.2) is 0 Å². The second-order valence-electron chi connectivity index (χ2n) is 17.7. The number of benzene rings is 6. The van der Waals surface area contributed by atoms with E-state index in [4.69, 9.17) is 0 Å². The number of hydrogen-bond acceptors (Lipinski definition) is 0. The average molecular weight is 714 g/mol. The van der Waals surface area contributed by atoms with Crippen LogP contribution < -0.4 is 0 Å². The first kappa shape index (κ1) is 34.6. The highest BCUT2D eigenvalue weighted by molar-refractivity contribution is 6.12. The number of aromatic amines is 1. The van der Waals surface area contributed by atoms with E-state index in [-0.39, 0.29) is 10.8 Å². The number of H-pyrrole nitrogens is 1. The van der Waals surface area contributed by atoms with E-state index in [0.29, 0.717) is 0 Å². The predicted molar refractivity (Wildman–Crippen MR) is 236 cm³/mol. The van der Waals surface area contributed by atoms with E-state index in [1.807, 2.05) is 0 Å². The number of nitrogens with zero attached hydrogens (tertiary/aromatic N) is 2. The van der Waals surface area contributed by atoms with Gasteiger partial charge in [0.2, 0.25) is 0 Å². The summed E-state index contributed by atoms with van der Waals surface area (Å²) < 4.78 is 4.34. The van der Waals surface area contributed by atoms with Gasteiger partial charge in [0, 0.05) is 44.4 Å². The molecule has 270 valence electrons. The second kappa shape index (κ2) is 12.2.